The monoisotopic (exact) mass is 683 g/mol. The van der Waals surface area contributed by atoms with Crippen molar-refractivity contribution in [3.05, 3.63) is 111 Å². The Morgan fingerprint density at radius 3 is 2.48 bits per heavy atom. The first-order valence-corrected chi connectivity index (χ1v) is 17.0. The molecule has 0 saturated heterocycles. The molecule has 7 rings (SSSR count). The number of allylic oxidation sites excluding steroid dienone is 1. The number of carbonyl (C=O) groups is 3. The van der Waals surface area contributed by atoms with E-state index in [1.807, 2.05) is 55.5 Å². The summed E-state index contributed by atoms with van der Waals surface area (Å²) in [5.74, 6) is -0.101. The van der Waals surface area contributed by atoms with Gasteiger partial charge in [0.1, 0.15) is 17.4 Å². The number of nitriles is 1. The molecule has 0 unspecified atom stereocenters. The lowest BCUT2D eigenvalue weighted by atomic mass is 10.00. The van der Waals surface area contributed by atoms with Crippen molar-refractivity contribution in [1.82, 2.24) is 9.88 Å². The van der Waals surface area contributed by atoms with Crippen LogP contribution in [0, 0.1) is 18.3 Å². The molecular formula is C40H34ClN5O4. The van der Waals surface area contributed by atoms with Crippen molar-refractivity contribution in [2.45, 2.75) is 39.0 Å². The number of aromatic nitrogens is 1. The predicted octanol–water partition coefficient (Wildman–Crippen LogP) is 7.40. The summed E-state index contributed by atoms with van der Waals surface area (Å²) >= 11 is 6.04. The second kappa shape index (κ2) is 13.7. The van der Waals surface area contributed by atoms with Crippen LogP contribution in [0.3, 0.4) is 0 Å². The number of benzene rings is 4. The molecule has 9 nitrogen and oxygen atoms in total. The van der Waals surface area contributed by atoms with E-state index in [-0.39, 0.29) is 23.8 Å². The second-order valence-electron chi connectivity index (χ2n) is 12.5. The van der Waals surface area contributed by atoms with Crippen LogP contribution >= 0.6 is 11.6 Å². The summed E-state index contributed by atoms with van der Waals surface area (Å²) in [4.78, 5) is 43.1. The molecule has 4 aromatic carbocycles. The van der Waals surface area contributed by atoms with Crippen LogP contribution in [0.25, 0.3) is 27.2 Å². The Morgan fingerprint density at radius 2 is 1.72 bits per heavy atom. The van der Waals surface area contributed by atoms with E-state index in [0.717, 1.165) is 76.3 Å². The molecule has 2 heterocycles. The Morgan fingerprint density at radius 1 is 0.940 bits per heavy atom. The van der Waals surface area contributed by atoms with Crippen molar-refractivity contribution in [2.75, 3.05) is 25.5 Å². The number of fused-ring (bicyclic) bond motifs is 4. The highest BCUT2D eigenvalue weighted by molar-refractivity contribution is 6.50. The van der Waals surface area contributed by atoms with Gasteiger partial charge in [-0.15, -0.1) is 0 Å². The number of nitrogens with zero attached hydrogens (tertiary/aromatic N) is 3. The van der Waals surface area contributed by atoms with Gasteiger partial charge in [-0.2, -0.15) is 5.26 Å². The summed E-state index contributed by atoms with van der Waals surface area (Å²) in [6.07, 6.45) is 3.93. The molecule has 1 aliphatic carbocycles. The van der Waals surface area contributed by atoms with Crippen molar-refractivity contribution in [1.29, 1.82) is 5.26 Å². The smallest absolute Gasteiger partial charge is 0.288 e. The summed E-state index contributed by atoms with van der Waals surface area (Å²) in [6, 6.07) is 24.3. The van der Waals surface area contributed by atoms with Crippen molar-refractivity contribution in [2.24, 2.45) is 4.99 Å². The van der Waals surface area contributed by atoms with Gasteiger partial charge in [-0.1, -0.05) is 48.7 Å². The maximum atomic E-state index is 13.6. The number of ether oxygens (including phenoxy) is 1. The maximum Gasteiger partial charge on any atom is 0.288 e. The van der Waals surface area contributed by atoms with Crippen LogP contribution in [-0.2, 0) is 16.0 Å². The highest BCUT2D eigenvalue weighted by Gasteiger charge is 2.36. The van der Waals surface area contributed by atoms with Crippen LogP contribution in [0.15, 0.2) is 83.4 Å². The van der Waals surface area contributed by atoms with Gasteiger partial charge in [0, 0.05) is 62.4 Å². The van der Waals surface area contributed by atoms with Crippen LogP contribution in [-0.4, -0.2) is 48.2 Å². The van der Waals surface area contributed by atoms with E-state index in [1.54, 1.807) is 35.9 Å². The molecule has 0 radical (unpaired) electrons. The molecule has 0 atom stereocenters. The Balaban J connectivity index is 0.921. The molecular weight excluding hydrogens is 650 g/mol. The molecule has 2 aliphatic rings. The molecule has 0 bridgehead atoms. The average Bonchev–Trinajstić information content (AvgIpc) is 3.72. The van der Waals surface area contributed by atoms with E-state index in [0.29, 0.717) is 39.9 Å². The second-order valence-corrected chi connectivity index (χ2v) is 12.9. The first-order chi connectivity index (χ1) is 24.3. The third kappa shape index (κ3) is 5.82. The zero-order valence-corrected chi connectivity index (χ0v) is 28.5. The normalized spacial score (nSPS) is 13.1. The van der Waals surface area contributed by atoms with E-state index in [9.17, 15) is 19.6 Å². The maximum absolute atomic E-state index is 13.6. The minimum atomic E-state index is -0.467. The predicted molar refractivity (Wildman–Crippen MR) is 196 cm³/mol. The number of anilines is 1. The summed E-state index contributed by atoms with van der Waals surface area (Å²) in [7, 11) is 1.59. The summed E-state index contributed by atoms with van der Waals surface area (Å²) in [6.45, 7) is 3.22. The molecule has 50 heavy (non-hydrogen) atoms. The van der Waals surface area contributed by atoms with Crippen LogP contribution in [0.2, 0.25) is 5.02 Å². The van der Waals surface area contributed by atoms with Crippen LogP contribution in [0.4, 0.5) is 5.69 Å². The number of carbonyl (C=O) groups excluding carboxylic acids is 3. The minimum absolute atomic E-state index is 0.0974. The number of amides is 2. The highest BCUT2D eigenvalue weighted by Crippen LogP contribution is 2.44. The molecule has 2 N–H and O–H groups in total. The van der Waals surface area contributed by atoms with Crippen molar-refractivity contribution >= 4 is 68.0 Å². The van der Waals surface area contributed by atoms with Crippen molar-refractivity contribution in [3.63, 3.8) is 0 Å². The third-order valence-electron chi connectivity index (χ3n) is 9.51. The third-order valence-corrected chi connectivity index (χ3v) is 9.76. The van der Waals surface area contributed by atoms with Crippen molar-refractivity contribution in [3.8, 4) is 11.8 Å². The number of aliphatic imine (C=N–C) groups is 1. The van der Waals surface area contributed by atoms with Gasteiger partial charge in [0.15, 0.2) is 0 Å². The van der Waals surface area contributed by atoms with E-state index >= 15 is 0 Å². The zero-order chi connectivity index (χ0) is 34.9. The summed E-state index contributed by atoms with van der Waals surface area (Å²) in [5.41, 5.74) is 6.87. The van der Waals surface area contributed by atoms with E-state index in [1.165, 1.54) is 0 Å². The lowest BCUT2D eigenvalue weighted by Gasteiger charge is -2.12. The lowest BCUT2D eigenvalue weighted by Crippen LogP contribution is -2.26. The van der Waals surface area contributed by atoms with Gasteiger partial charge in [-0.05, 0) is 79.4 Å². The van der Waals surface area contributed by atoms with E-state index in [4.69, 9.17) is 16.3 Å². The number of halogens is 1. The molecule has 5 aromatic rings. The van der Waals surface area contributed by atoms with Gasteiger partial charge in [-0.3, -0.25) is 19.0 Å². The first kappa shape index (κ1) is 32.8. The molecule has 1 aliphatic heterocycles. The van der Waals surface area contributed by atoms with Gasteiger partial charge < -0.3 is 15.4 Å². The number of rotatable bonds is 12. The van der Waals surface area contributed by atoms with Gasteiger partial charge in [0.05, 0.1) is 24.8 Å². The number of hydrogen-bond donors (Lipinski definition) is 2. The van der Waals surface area contributed by atoms with Crippen LogP contribution in [0.5, 0.6) is 5.75 Å². The van der Waals surface area contributed by atoms with Gasteiger partial charge >= 0.3 is 0 Å². The van der Waals surface area contributed by atoms with Crippen LogP contribution < -0.4 is 15.4 Å². The number of hydrogen-bond acceptors (Lipinski definition) is 6. The summed E-state index contributed by atoms with van der Waals surface area (Å²) in [5, 5.41) is 19.6. The largest absolute Gasteiger partial charge is 0.497 e. The number of methoxy groups -OCH3 is 1. The standard InChI is InChI=1S/C40H34ClN5O4/c1-23-30(31-20-26(50-2)14-17-34(31)46(23)40(49)24-10-12-25(41)13-11-24)21-35(47)44-19-6-4-3-5-18-43-33-16-15-28-36-27(33)8-7-9-29(36)38-37(28)32(22-42)39(48)45-38/h7-17,20,43H,3-6,18-19,21H2,1-2H3,(H,44,47). The number of unbranched alkanes of at least 4 members (excludes halogenated alkanes) is 3. The molecule has 0 spiro atoms. The SMILES string of the molecule is COc1ccc2c(c1)c(CC(=O)NCCCCCCNc1ccc3c4c(cccc14)C1=NC(=O)C(C#N)=C13)c(C)n2C(=O)c1ccc(Cl)cc1. The van der Waals surface area contributed by atoms with Crippen molar-refractivity contribution < 1.29 is 19.1 Å². The fraction of sp³-hybridized carbons (Fsp3) is 0.225. The zero-order valence-electron chi connectivity index (χ0n) is 27.7. The molecule has 0 fully saturated rings. The number of nitrogens with one attached hydrogen (secondary N) is 2. The Hall–Kier alpha value is -5.72. The van der Waals surface area contributed by atoms with E-state index in [2.05, 4.69) is 21.7 Å². The minimum Gasteiger partial charge on any atom is -0.497 e. The molecule has 2 amide bonds. The van der Waals surface area contributed by atoms with Gasteiger partial charge in [0.2, 0.25) is 5.91 Å². The Kier molecular flexibility index (Phi) is 8.96. The van der Waals surface area contributed by atoms with E-state index < -0.39 is 5.91 Å². The van der Waals surface area contributed by atoms with Crippen LogP contribution in [0.1, 0.15) is 58.4 Å². The lowest BCUT2D eigenvalue weighted by molar-refractivity contribution is -0.120. The molecule has 250 valence electrons. The Bertz CT molecular complexity index is 2330. The molecule has 0 saturated carbocycles. The molecule has 1 aromatic heterocycles. The Labute approximate surface area is 294 Å². The fourth-order valence-corrected chi connectivity index (χ4v) is 7.17. The average molecular weight is 684 g/mol. The quantitative estimate of drug-likeness (QED) is 0.132. The van der Waals surface area contributed by atoms with Gasteiger partial charge in [-0.25, -0.2) is 4.99 Å². The topological polar surface area (TPSA) is 126 Å². The first-order valence-electron chi connectivity index (χ1n) is 16.6. The molecule has 10 heteroatoms. The summed E-state index contributed by atoms with van der Waals surface area (Å²) < 4.78 is 7.11. The highest BCUT2D eigenvalue weighted by atomic mass is 35.5. The fourth-order valence-electron chi connectivity index (χ4n) is 7.04. The van der Waals surface area contributed by atoms with Gasteiger partial charge in [0.25, 0.3) is 11.8 Å².